The number of aromatic nitrogens is 1. The van der Waals surface area contributed by atoms with Crippen LogP contribution in [0.5, 0.6) is 0 Å². The van der Waals surface area contributed by atoms with Gasteiger partial charge in [0.1, 0.15) is 10.4 Å². The van der Waals surface area contributed by atoms with E-state index in [0.717, 1.165) is 9.82 Å². The van der Waals surface area contributed by atoms with Crippen molar-refractivity contribution in [2.45, 2.75) is 17.7 Å². The molecule has 0 spiro atoms. The quantitative estimate of drug-likeness (QED) is 0.728. The van der Waals surface area contributed by atoms with Gasteiger partial charge in [0.2, 0.25) is 0 Å². The van der Waals surface area contributed by atoms with Gasteiger partial charge in [0, 0.05) is 13.0 Å². The number of rotatable bonds is 4. The van der Waals surface area contributed by atoms with Crippen molar-refractivity contribution >= 4 is 27.0 Å². The first-order valence-corrected chi connectivity index (χ1v) is 9.02. The zero-order chi connectivity index (χ0) is 16.7. The number of hydrogen-bond donors (Lipinski definition) is 0. The first kappa shape index (κ1) is 14.9. The van der Waals surface area contributed by atoms with Crippen molar-refractivity contribution in [3.8, 4) is 0 Å². The highest BCUT2D eigenvalue weighted by Gasteiger charge is 2.40. The zero-order valence-electron chi connectivity index (χ0n) is 12.7. The second-order valence-electron chi connectivity index (χ2n) is 5.56. The number of benzene rings is 2. The normalized spacial score (nSPS) is 15.8. The van der Waals surface area contributed by atoms with Gasteiger partial charge in [0.15, 0.2) is 11.5 Å². The third kappa shape index (κ3) is 2.28. The Morgan fingerprint density at radius 2 is 1.79 bits per heavy atom. The Bertz CT molecular complexity index is 1010. The monoisotopic (exact) mass is 342 g/mol. The second-order valence-corrected chi connectivity index (χ2v) is 7.39. The first-order chi connectivity index (χ1) is 11.6. The fraction of sp³-hybridized carbons (Fsp3) is 0.176. The maximum atomic E-state index is 12.4. The zero-order valence-corrected chi connectivity index (χ0v) is 13.5. The Balaban J connectivity index is 1.49. The van der Waals surface area contributed by atoms with E-state index in [2.05, 4.69) is 4.98 Å². The van der Waals surface area contributed by atoms with Crippen LogP contribution in [-0.4, -0.2) is 30.2 Å². The lowest BCUT2D eigenvalue weighted by Gasteiger charge is -2.14. The molecule has 2 aromatic carbocycles. The molecule has 0 atom stereocenters. The maximum Gasteiger partial charge on any atom is 0.269 e. The Labute approximate surface area is 138 Å². The van der Waals surface area contributed by atoms with Gasteiger partial charge >= 0.3 is 0 Å². The van der Waals surface area contributed by atoms with Gasteiger partial charge in [-0.15, -0.1) is 0 Å². The average molecular weight is 342 g/mol. The summed E-state index contributed by atoms with van der Waals surface area (Å²) in [6.45, 7) is 0.106. The van der Waals surface area contributed by atoms with Gasteiger partial charge in [0.25, 0.3) is 15.9 Å². The third-order valence-corrected chi connectivity index (χ3v) is 5.84. The molecule has 0 N–H and O–H groups in total. The summed E-state index contributed by atoms with van der Waals surface area (Å²) in [5.74, 6) is 0.0703. The number of carbonyl (C=O) groups is 1. The summed E-state index contributed by atoms with van der Waals surface area (Å²) in [5.41, 5.74) is 1.70. The molecule has 3 aromatic rings. The smallest absolute Gasteiger partial charge is 0.269 e. The van der Waals surface area contributed by atoms with Crippen molar-refractivity contribution in [2.75, 3.05) is 6.54 Å². The summed E-state index contributed by atoms with van der Waals surface area (Å²) in [4.78, 5) is 16.7. The molecular formula is C17H14N2O4S. The number of amides is 1. The third-order valence-electron chi connectivity index (χ3n) is 4.00. The number of para-hydroxylation sites is 2. The van der Waals surface area contributed by atoms with Crippen molar-refractivity contribution in [3.05, 3.63) is 60.0 Å². The lowest BCUT2D eigenvalue weighted by molar-refractivity contribution is 0.0869. The van der Waals surface area contributed by atoms with Crippen molar-refractivity contribution < 1.29 is 17.6 Å². The summed E-state index contributed by atoms with van der Waals surface area (Å²) in [6.07, 6.45) is 0.913. The summed E-state index contributed by atoms with van der Waals surface area (Å²) in [5, 5.41) is 0. The molecule has 0 saturated carbocycles. The number of nitrogens with zero attached hydrogens (tertiary/aromatic N) is 2. The van der Waals surface area contributed by atoms with E-state index in [1.165, 1.54) is 12.1 Å². The van der Waals surface area contributed by atoms with Crippen LogP contribution in [0.3, 0.4) is 0 Å². The van der Waals surface area contributed by atoms with Gasteiger partial charge < -0.3 is 4.42 Å². The minimum Gasteiger partial charge on any atom is -0.441 e. The minimum atomic E-state index is -3.74. The molecule has 1 aliphatic heterocycles. The molecule has 0 unspecified atom stereocenters. The van der Waals surface area contributed by atoms with E-state index < -0.39 is 15.9 Å². The van der Waals surface area contributed by atoms with E-state index in [9.17, 15) is 13.2 Å². The number of carbonyl (C=O) groups excluding carboxylic acids is 1. The second kappa shape index (κ2) is 5.45. The topological polar surface area (TPSA) is 80.5 Å². The summed E-state index contributed by atoms with van der Waals surface area (Å²) < 4.78 is 31.4. The largest absolute Gasteiger partial charge is 0.441 e. The Kier molecular flexibility index (Phi) is 3.38. The Morgan fingerprint density at radius 1 is 1.04 bits per heavy atom. The number of oxazole rings is 1. The van der Waals surface area contributed by atoms with Gasteiger partial charge in [0.05, 0.1) is 5.56 Å². The fourth-order valence-corrected chi connectivity index (χ4v) is 4.46. The van der Waals surface area contributed by atoms with E-state index in [1.807, 2.05) is 24.3 Å². The number of sulfonamides is 1. The molecule has 0 bridgehead atoms. The van der Waals surface area contributed by atoms with Crippen LogP contribution < -0.4 is 0 Å². The molecule has 0 radical (unpaired) electrons. The van der Waals surface area contributed by atoms with Crippen molar-refractivity contribution in [1.82, 2.24) is 9.29 Å². The molecule has 0 aliphatic carbocycles. The molecule has 1 aromatic heterocycles. The minimum absolute atomic E-state index is 0.0804. The van der Waals surface area contributed by atoms with Crippen molar-refractivity contribution in [2.24, 2.45) is 0 Å². The first-order valence-electron chi connectivity index (χ1n) is 7.58. The van der Waals surface area contributed by atoms with E-state index in [4.69, 9.17) is 4.42 Å². The van der Waals surface area contributed by atoms with E-state index in [0.29, 0.717) is 24.3 Å². The highest BCUT2D eigenvalue weighted by atomic mass is 32.2. The standard InChI is InChI=1S/C17H14N2O4S/c20-17-12-6-1-4-9-15(12)24(21,22)19(17)11-5-10-16-18-13-7-2-3-8-14(13)23-16/h1-4,6-9H,5,10-11H2. The highest BCUT2D eigenvalue weighted by Crippen LogP contribution is 2.30. The Hall–Kier alpha value is -2.67. The molecule has 122 valence electrons. The molecule has 4 rings (SSSR count). The molecule has 1 amide bonds. The van der Waals surface area contributed by atoms with Crippen LogP contribution in [0.1, 0.15) is 22.7 Å². The fourth-order valence-electron chi connectivity index (χ4n) is 2.85. The van der Waals surface area contributed by atoms with Gasteiger partial charge in [-0.2, -0.15) is 0 Å². The molecule has 24 heavy (non-hydrogen) atoms. The molecular weight excluding hydrogens is 328 g/mol. The summed E-state index contributed by atoms with van der Waals surface area (Å²) in [7, 11) is -3.74. The van der Waals surface area contributed by atoms with Crippen molar-refractivity contribution in [1.29, 1.82) is 0 Å². The average Bonchev–Trinajstić information content (AvgIpc) is 3.07. The van der Waals surface area contributed by atoms with E-state index in [1.54, 1.807) is 12.1 Å². The molecule has 0 fully saturated rings. The lowest BCUT2D eigenvalue weighted by Crippen LogP contribution is -2.31. The molecule has 0 saturated heterocycles. The van der Waals surface area contributed by atoms with E-state index >= 15 is 0 Å². The van der Waals surface area contributed by atoms with Crippen LogP contribution >= 0.6 is 0 Å². The predicted octanol–water partition coefficient (Wildman–Crippen LogP) is 2.61. The molecule has 2 heterocycles. The predicted molar refractivity (Wildman–Crippen MR) is 87.0 cm³/mol. The van der Waals surface area contributed by atoms with Gasteiger partial charge in [-0.1, -0.05) is 24.3 Å². The molecule has 7 heteroatoms. The summed E-state index contributed by atoms with van der Waals surface area (Å²) >= 11 is 0. The number of aryl methyl sites for hydroxylation is 1. The van der Waals surface area contributed by atoms with Crippen molar-refractivity contribution in [3.63, 3.8) is 0 Å². The Morgan fingerprint density at radius 3 is 2.58 bits per heavy atom. The molecule has 6 nitrogen and oxygen atoms in total. The van der Waals surface area contributed by atoms with Gasteiger partial charge in [-0.05, 0) is 30.7 Å². The summed E-state index contributed by atoms with van der Waals surface area (Å²) in [6, 6.07) is 13.7. The van der Waals surface area contributed by atoms with Gasteiger partial charge in [-0.3, -0.25) is 4.79 Å². The van der Waals surface area contributed by atoms with Crippen LogP contribution in [0.4, 0.5) is 0 Å². The van der Waals surface area contributed by atoms with Crippen LogP contribution in [0, 0.1) is 0 Å². The van der Waals surface area contributed by atoms with E-state index in [-0.39, 0.29) is 17.0 Å². The van der Waals surface area contributed by atoms with Crippen LogP contribution in [-0.2, 0) is 16.4 Å². The highest BCUT2D eigenvalue weighted by molar-refractivity contribution is 7.90. The van der Waals surface area contributed by atoms with Crippen LogP contribution in [0.2, 0.25) is 0 Å². The lowest BCUT2D eigenvalue weighted by atomic mass is 10.2. The molecule has 1 aliphatic rings. The van der Waals surface area contributed by atoms with Gasteiger partial charge in [-0.25, -0.2) is 17.7 Å². The SMILES string of the molecule is O=C1c2ccccc2S(=O)(=O)N1CCCc1nc2ccccc2o1. The van der Waals surface area contributed by atoms with Crippen LogP contribution in [0.15, 0.2) is 57.8 Å². The van der Waals surface area contributed by atoms with Crippen LogP contribution in [0.25, 0.3) is 11.1 Å². The maximum absolute atomic E-state index is 12.4. The number of hydrogen-bond acceptors (Lipinski definition) is 5. The number of fused-ring (bicyclic) bond motifs is 2.